The van der Waals surface area contributed by atoms with Gasteiger partial charge < -0.3 is 5.32 Å². The number of carbonyl (C=O) groups is 1. The van der Waals surface area contributed by atoms with E-state index in [0.29, 0.717) is 13.1 Å². The van der Waals surface area contributed by atoms with E-state index in [2.05, 4.69) is 31.9 Å². The lowest BCUT2D eigenvalue weighted by atomic mass is 10.0. The summed E-state index contributed by atoms with van der Waals surface area (Å²) in [4.78, 5) is 21.2. The van der Waals surface area contributed by atoms with E-state index in [4.69, 9.17) is 0 Å². The largest absolute Gasteiger partial charge is 0.349 e. The summed E-state index contributed by atoms with van der Waals surface area (Å²) in [6, 6.07) is 6.49. The van der Waals surface area contributed by atoms with Crippen LogP contribution in [0.5, 0.6) is 0 Å². The van der Waals surface area contributed by atoms with Gasteiger partial charge in [-0.1, -0.05) is 6.07 Å². The van der Waals surface area contributed by atoms with Gasteiger partial charge >= 0.3 is 0 Å². The molecule has 3 heterocycles. The van der Waals surface area contributed by atoms with Crippen LogP contribution in [0.25, 0.3) is 0 Å². The van der Waals surface area contributed by atoms with Gasteiger partial charge in [0.05, 0.1) is 18.8 Å². The summed E-state index contributed by atoms with van der Waals surface area (Å²) in [5.41, 5.74) is 0.905. The Balaban J connectivity index is 1.35. The van der Waals surface area contributed by atoms with Crippen LogP contribution in [0.2, 0.25) is 0 Å². The van der Waals surface area contributed by atoms with Crippen molar-refractivity contribution in [2.45, 2.75) is 25.4 Å². The number of aromatic nitrogens is 1. The van der Waals surface area contributed by atoms with Crippen molar-refractivity contribution in [3.05, 3.63) is 30.1 Å². The molecule has 0 aliphatic carbocycles. The predicted octanol–water partition coefficient (Wildman–Crippen LogP) is 1.21. The number of carbonyl (C=O) groups excluding carboxylic acids is 1. The molecule has 1 aromatic rings. The highest BCUT2D eigenvalue weighted by Gasteiger charge is 2.26. The van der Waals surface area contributed by atoms with Crippen molar-refractivity contribution in [1.82, 2.24) is 20.1 Å². The molecular weight excluding hydrogens is 308 g/mol. The molecule has 5 nitrogen and oxygen atoms in total. The third-order valence-corrected chi connectivity index (χ3v) is 5.62. The van der Waals surface area contributed by atoms with Crippen molar-refractivity contribution in [3.8, 4) is 0 Å². The van der Waals surface area contributed by atoms with Crippen LogP contribution in [-0.4, -0.2) is 71.0 Å². The van der Waals surface area contributed by atoms with Gasteiger partial charge in [0, 0.05) is 49.9 Å². The average Bonchev–Trinajstić information content (AvgIpc) is 2.62. The minimum Gasteiger partial charge on any atom is -0.349 e. The van der Waals surface area contributed by atoms with Gasteiger partial charge in [-0.3, -0.25) is 19.6 Å². The second-order valence-electron chi connectivity index (χ2n) is 6.25. The van der Waals surface area contributed by atoms with Gasteiger partial charge in [-0.2, -0.15) is 11.8 Å². The monoisotopic (exact) mass is 334 g/mol. The number of pyridine rings is 1. The van der Waals surface area contributed by atoms with Crippen molar-refractivity contribution in [2.24, 2.45) is 0 Å². The fraction of sp³-hybridized carbons (Fsp3) is 0.647. The summed E-state index contributed by atoms with van der Waals surface area (Å²) in [7, 11) is 0. The zero-order valence-corrected chi connectivity index (χ0v) is 14.4. The first-order valence-electron chi connectivity index (χ1n) is 8.52. The summed E-state index contributed by atoms with van der Waals surface area (Å²) in [6.07, 6.45) is 4.14. The Morgan fingerprint density at radius 1 is 1.22 bits per heavy atom. The molecule has 3 rings (SSSR count). The summed E-state index contributed by atoms with van der Waals surface area (Å²) in [5.74, 6) is 2.65. The number of nitrogens with zero attached hydrogens (tertiary/aromatic N) is 3. The van der Waals surface area contributed by atoms with Gasteiger partial charge in [0.2, 0.25) is 5.91 Å². The Morgan fingerprint density at radius 3 is 2.70 bits per heavy atom. The van der Waals surface area contributed by atoms with E-state index in [0.717, 1.165) is 24.8 Å². The summed E-state index contributed by atoms with van der Waals surface area (Å²) in [5, 5.41) is 2.96. The first kappa shape index (κ1) is 16.7. The third kappa shape index (κ3) is 5.19. The quantitative estimate of drug-likeness (QED) is 0.877. The highest BCUT2D eigenvalue weighted by molar-refractivity contribution is 7.99. The molecule has 0 saturated carbocycles. The second kappa shape index (κ2) is 8.66. The van der Waals surface area contributed by atoms with E-state index in [1.54, 1.807) is 6.20 Å². The number of hydrogen-bond acceptors (Lipinski definition) is 5. The van der Waals surface area contributed by atoms with Crippen LogP contribution < -0.4 is 5.32 Å². The van der Waals surface area contributed by atoms with E-state index in [-0.39, 0.29) is 5.91 Å². The van der Waals surface area contributed by atoms with Crippen LogP contribution in [0.1, 0.15) is 18.5 Å². The number of hydrogen-bond donors (Lipinski definition) is 1. The number of amides is 1. The molecule has 0 bridgehead atoms. The van der Waals surface area contributed by atoms with Crippen LogP contribution in [0.15, 0.2) is 24.4 Å². The SMILES string of the molecule is O=C(CN1CCC(N2CCSCC2)CC1)NCc1ccccn1. The number of nitrogens with one attached hydrogen (secondary N) is 1. The molecule has 0 radical (unpaired) electrons. The van der Waals surface area contributed by atoms with E-state index in [1.165, 1.54) is 37.4 Å². The normalized spacial score (nSPS) is 21.2. The Bertz CT molecular complexity index is 485. The molecule has 1 N–H and O–H groups in total. The Labute approximate surface area is 142 Å². The second-order valence-corrected chi connectivity index (χ2v) is 7.48. The smallest absolute Gasteiger partial charge is 0.234 e. The molecule has 0 atom stereocenters. The maximum absolute atomic E-state index is 12.1. The Kier molecular flexibility index (Phi) is 6.30. The molecule has 2 aliphatic rings. The lowest BCUT2D eigenvalue weighted by Gasteiger charge is -2.39. The molecule has 1 amide bonds. The van der Waals surface area contributed by atoms with Gasteiger partial charge in [-0.15, -0.1) is 0 Å². The fourth-order valence-corrected chi connectivity index (χ4v) is 4.27. The molecule has 0 spiro atoms. The minimum atomic E-state index is 0.100. The first-order chi connectivity index (χ1) is 11.3. The molecule has 126 valence electrons. The molecule has 2 saturated heterocycles. The zero-order valence-electron chi connectivity index (χ0n) is 13.6. The lowest BCUT2D eigenvalue weighted by molar-refractivity contribution is -0.122. The highest BCUT2D eigenvalue weighted by atomic mass is 32.2. The summed E-state index contributed by atoms with van der Waals surface area (Å²) in [6.45, 7) is 5.56. The van der Waals surface area contributed by atoms with E-state index < -0.39 is 0 Å². The molecule has 23 heavy (non-hydrogen) atoms. The van der Waals surface area contributed by atoms with Crippen LogP contribution in [0, 0.1) is 0 Å². The predicted molar refractivity (Wildman–Crippen MR) is 94.4 cm³/mol. The van der Waals surface area contributed by atoms with Crippen molar-refractivity contribution in [2.75, 3.05) is 44.2 Å². The number of piperidine rings is 1. The van der Waals surface area contributed by atoms with E-state index in [9.17, 15) is 4.79 Å². The van der Waals surface area contributed by atoms with Crippen LogP contribution in [0.4, 0.5) is 0 Å². The van der Waals surface area contributed by atoms with Crippen molar-refractivity contribution in [3.63, 3.8) is 0 Å². The van der Waals surface area contributed by atoms with Gasteiger partial charge in [0.15, 0.2) is 0 Å². The molecule has 2 aliphatic heterocycles. The Hall–Kier alpha value is -1.11. The van der Waals surface area contributed by atoms with Gasteiger partial charge in [0.25, 0.3) is 0 Å². The summed E-state index contributed by atoms with van der Waals surface area (Å²) >= 11 is 2.07. The van der Waals surface area contributed by atoms with E-state index >= 15 is 0 Å². The van der Waals surface area contributed by atoms with Crippen LogP contribution >= 0.6 is 11.8 Å². The third-order valence-electron chi connectivity index (χ3n) is 4.68. The lowest BCUT2D eigenvalue weighted by Crippen LogP contribution is -2.49. The van der Waals surface area contributed by atoms with Crippen molar-refractivity contribution >= 4 is 17.7 Å². The average molecular weight is 334 g/mol. The van der Waals surface area contributed by atoms with Crippen molar-refractivity contribution in [1.29, 1.82) is 0 Å². The molecule has 2 fully saturated rings. The molecule has 0 aromatic carbocycles. The number of rotatable bonds is 5. The fourth-order valence-electron chi connectivity index (χ4n) is 3.34. The topological polar surface area (TPSA) is 48.5 Å². The van der Waals surface area contributed by atoms with Crippen LogP contribution in [-0.2, 0) is 11.3 Å². The summed E-state index contributed by atoms with van der Waals surface area (Å²) < 4.78 is 0. The first-order valence-corrected chi connectivity index (χ1v) is 9.67. The molecule has 0 unspecified atom stereocenters. The van der Waals surface area contributed by atoms with Gasteiger partial charge in [-0.25, -0.2) is 0 Å². The minimum absolute atomic E-state index is 0.100. The van der Waals surface area contributed by atoms with Crippen molar-refractivity contribution < 1.29 is 4.79 Å². The highest BCUT2D eigenvalue weighted by Crippen LogP contribution is 2.20. The maximum Gasteiger partial charge on any atom is 0.234 e. The maximum atomic E-state index is 12.1. The Morgan fingerprint density at radius 2 is 2.00 bits per heavy atom. The number of thioether (sulfide) groups is 1. The molecular formula is C17H26N4OS. The molecule has 1 aromatic heterocycles. The zero-order chi connectivity index (χ0) is 15.9. The van der Waals surface area contributed by atoms with Crippen LogP contribution in [0.3, 0.4) is 0 Å². The number of likely N-dealkylation sites (tertiary alicyclic amines) is 1. The molecule has 6 heteroatoms. The standard InChI is InChI=1S/C17H26N4OS/c22-17(19-13-15-3-1-2-6-18-15)14-20-7-4-16(5-8-20)21-9-11-23-12-10-21/h1-3,6,16H,4-5,7-14H2,(H,19,22). The van der Waals surface area contributed by atoms with Gasteiger partial charge in [-0.05, 0) is 25.0 Å². The van der Waals surface area contributed by atoms with E-state index in [1.807, 2.05) is 18.2 Å². The van der Waals surface area contributed by atoms with Gasteiger partial charge in [0.1, 0.15) is 0 Å².